The lowest BCUT2D eigenvalue weighted by Crippen LogP contribution is -2.04. The Morgan fingerprint density at radius 1 is 1.19 bits per heavy atom. The molecule has 1 nitrogen and oxygen atoms in total. The topological polar surface area (TPSA) is 12.9 Å². The predicted octanol–water partition coefficient (Wildman–Crippen LogP) is 5.77. The molecule has 0 N–H and O–H groups in total. The van der Waals surface area contributed by atoms with Crippen LogP contribution < -0.4 is 0 Å². The minimum absolute atomic E-state index is 0.131. The summed E-state index contributed by atoms with van der Waals surface area (Å²) in [6, 6.07) is 8.71. The van der Waals surface area contributed by atoms with Gasteiger partial charge in [-0.15, -0.1) is 11.6 Å². The van der Waals surface area contributed by atoms with Crippen LogP contribution in [-0.2, 0) is 6.18 Å². The van der Waals surface area contributed by atoms with E-state index in [9.17, 15) is 13.2 Å². The van der Waals surface area contributed by atoms with Crippen LogP contribution in [0.15, 0.2) is 36.4 Å². The molecule has 0 fully saturated rings. The first-order valence-electron chi connectivity index (χ1n) is 6.62. The molecule has 0 bridgehead atoms. The highest BCUT2D eigenvalue weighted by Crippen LogP contribution is 2.33. The van der Waals surface area contributed by atoms with Crippen LogP contribution in [-0.4, -0.2) is 4.98 Å². The highest BCUT2D eigenvalue weighted by Gasteiger charge is 2.30. The average molecular weight is 314 g/mol. The molecule has 2 rings (SSSR count). The highest BCUT2D eigenvalue weighted by atomic mass is 35.5. The minimum Gasteiger partial charge on any atom is -0.253 e. The third-order valence-electron chi connectivity index (χ3n) is 3.31. The van der Waals surface area contributed by atoms with Crippen LogP contribution in [0.3, 0.4) is 0 Å². The van der Waals surface area contributed by atoms with E-state index in [1.54, 1.807) is 12.1 Å². The molecule has 21 heavy (non-hydrogen) atoms. The number of rotatable bonds is 3. The van der Waals surface area contributed by atoms with Gasteiger partial charge in [-0.05, 0) is 37.1 Å². The molecule has 112 valence electrons. The van der Waals surface area contributed by atoms with Gasteiger partial charge in [0, 0.05) is 11.3 Å². The molecule has 0 aliphatic rings. The molecule has 5 heteroatoms. The standard InChI is InChI=1S/C16H15ClF3N/c1-3-14(17)13-7-8-15(21-10(13)2)11-5-4-6-12(9-11)16(18,19)20/h4-9,14H,3H2,1-2H3/t14-/m1/s1. The van der Waals surface area contributed by atoms with Crippen LogP contribution in [0.4, 0.5) is 13.2 Å². The second-order valence-corrected chi connectivity index (χ2v) is 5.35. The largest absolute Gasteiger partial charge is 0.416 e. The third kappa shape index (κ3) is 3.56. The summed E-state index contributed by atoms with van der Waals surface area (Å²) in [7, 11) is 0. The fraction of sp³-hybridized carbons (Fsp3) is 0.312. The Bertz CT molecular complexity index is 638. The van der Waals surface area contributed by atoms with Crippen molar-refractivity contribution in [3.63, 3.8) is 0 Å². The summed E-state index contributed by atoms with van der Waals surface area (Å²) in [5.41, 5.74) is 1.94. The molecule has 2 aromatic rings. The highest BCUT2D eigenvalue weighted by molar-refractivity contribution is 6.20. The first-order chi connectivity index (χ1) is 9.82. The Kier molecular flexibility index (Phi) is 4.57. The maximum atomic E-state index is 12.7. The van der Waals surface area contributed by atoms with E-state index in [2.05, 4.69) is 4.98 Å². The number of aromatic nitrogens is 1. The van der Waals surface area contributed by atoms with Crippen molar-refractivity contribution in [3.8, 4) is 11.3 Å². The minimum atomic E-state index is -4.35. The summed E-state index contributed by atoms with van der Waals surface area (Å²) in [5.74, 6) is 0. The van der Waals surface area contributed by atoms with E-state index < -0.39 is 11.7 Å². The molecule has 0 saturated heterocycles. The van der Waals surface area contributed by atoms with Gasteiger partial charge in [-0.25, -0.2) is 0 Å². The third-order valence-corrected chi connectivity index (χ3v) is 3.85. The van der Waals surface area contributed by atoms with E-state index in [4.69, 9.17) is 11.6 Å². The lowest BCUT2D eigenvalue weighted by molar-refractivity contribution is -0.137. The molecule has 0 unspecified atom stereocenters. The van der Waals surface area contributed by atoms with Crippen molar-refractivity contribution >= 4 is 11.6 Å². The second kappa shape index (κ2) is 6.06. The molecule has 1 aromatic heterocycles. The molecule has 0 radical (unpaired) electrons. The van der Waals surface area contributed by atoms with Gasteiger partial charge < -0.3 is 0 Å². The summed E-state index contributed by atoms with van der Waals surface area (Å²) in [6.45, 7) is 3.79. The van der Waals surface area contributed by atoms with E-state index in [-0.39, 0.29) is 5.38 Å². The number of halogens is 4. The molecule has 0 aliphatic carbocycles. The molecular formula is C16H15ClF3N. The number of pyridine rings is 1. The van der Waals surface area contributed by atoms with Crippen molar-refractivity contribution in [2.24, 2.45) is 0 Å². The van der Waals surface area contributed by atoms with Gasteiger partial charge in [-0.3, -0.25) is 4.98 Å². The van der Waals surface area contributed by atoms with E-state index >= 15 is 0 Å². The van der Waals surface area contributed by atoms with Gasteiger partial charge in [-0.1, -0.05) is 25.1 Å². The zero-order chi connectivity index (χ0) is 15.6. The quantitative estimate of drug-likeness (QED) is 0.656. The summed E-state index contributed by atoms with van der Waals surface area (Å²) in [6.07, 6.45) is -3.58. The summed E-state index contributed by atoms with van der Waals surface area (Å²) < 4.78 is 38.2. The van der Waals surface area contributed by atoms with Gasteiger partial charge in [-0.2, -0.15) is 13.2 Å². The van der Waals surface area contributed by atoms with Gasteiger partial charge in [0.15, 0.2) is 0 Å². The molecule has 0 saturated carbocycles. The van der Waals surface area contributed by atoms with Crippen LogP contribution in [0.5, 0.6) is 0 Å². The molecule has 0 spiro atoms. The van der Waals surface area contributed by atoms with E-state index in [0.29, 0.717) is 11.3 Å². The lowest BCUT2D eigenvalue weighted by atomic mass is 10.0. The number of hydrogen-bond donors (Lipinski definition) is 0. The number of benzene rings is 1. The van der Waals surface area contributed by atoms with E-state index in [0.717, 1.165) is 29.8 Å². The number of alkyl halides is 4. The van der Waals surface area contributed by atoms with Crippen LogP contribution in [0, 0.1) is 6.92 Å². The predicted molar refractivity (Wildman–Crippen MR) is 78.3 cm³/mol. The smallest absolute Gasteiger partial charge is 0.253 e. The lowest BCUT2D eigenvalue weighted by Gasteiger charge is -2.12. The van der Waals surface area contributed by atoms with Crippen LogP contribution in [0.2, 0.25) is 0 Å². The summed E-state index contributed by atoms with van der Waals surface area (Å²) in [4.78, 5) is 4.38. The van der Waals surface area contributed by atoms with Crippen molar-refractivity contribution in [2.45, 2.75) is 31.8 Å². The van der Waals surface area contributed by atoms with Crippen molar-refractivity contribution in [3.05, 3.63) is 53.2 Å². The zero-order valence-corrected chi connectivity index (χ0v) is 12.5. The van der Waals surface area contributed by atoms with Gasteiger partial charge in [0.1, 0.15) is 0 Å². The molecular weight excluding hydrogens is 299 g/mol. The van der Waals surface area contributed by atoms with E-state index in [1.807, 2.05) is 19.9 Å². The molecule has 1 aromatic carbocycles. The fourth-order valence-corrected chi connectivity index (χ4v) is 2.37. The maximum absolute atomic E-state index is 12.7. The molecule has 0 amide bonds. The van der Waals surface area contributed by atoms with Gasteiger partial charge in [0.25, 0.3) is 0 Å². The van der Waals surface area contributed by atoms with Crippen molar-refractivity contribution in [1.29, 1.82) is 0 Å². The average Bonchev–Trinajstić information content (AvgIpc) is 2.45. The molecule has 1 heterocycles. The monoisotopic (exact) mass is 313 g/mol. The Labute approximate surface area is 126 Å². The molecule has 0 aliphatic heterocycles. The SMILES string of the molecule is CC[C@@H](Cl)c1ccc(-c2cccc(C(F)(F)F)c2)nc1C. The van der Waals surface area contributed by atoms with Gasteiger partial charge in [0.2, 0.25) is 0 Å². The Morgan fingerprint density at radius 3 is 2.48 bits per heavy atom. The normalized spacial score (nSPS) is 13.2. The maximum Gasteiger partial charge on any atom is 0.416 e. The molecule has 1 atom stereocenters. The fourth-order valence-electron chi connectivity index (χ4n) is 2.14. The Balaban J connectivity index is 2.41. The number of aryl methyl sites for hydroxylation is 1. The first-order valence-corrected chi connectivity index (χ1v) is 7.05. The second-order valence-electron chi connectivity index (χ2n) is 4.83. The van der Waals surface area contributed by atoms with Crippen molar-refractivity contribution in [1.82, 2.24) is 4.98 Å². The first kappa shape index (κ1) is 15.8. The van der Waals surface area contributed by atoms with Crippen LogP contribution in [0.1, 0.15) is 35.5 Å². The Hall–Kier alpha value is -1.55. The zero-order valence-electron chi connectivity index (χ0n) is 11.7. The summed E-state index contributed by atoms with van der Waals surface area (Å²) in [5, 5.41) is -0.131. The Morgan fingerprint density at radius 2 is 1.90 bits per heavy atom. The van der Waals surface area contributed by atoms with Crippen LogP contribution in [0.25, 0.3) is 11.3 Å². The van der Waals surface area contributed by atoms with Crippen molar-refractivity contribution in [2.75, 3.05) is 0 Å². The number of hydrogen-bond acceptors (Lipinski definition) is 1. The van der Waals surface area contributed by atoms with E-state index in [1.165, 1.54) is 6.07 Å². The van der Waals surface area contributed by atoms with Crippen LogP contribution >= 0.6 is 11.6 Å². The van der Waals surface area contributed by atoms with Crippen molar-refractivity contribution < 1.29 is 13.2 Å². The van der Waals surface area contributed by atoms with Gasteiger partial charge >= 0.3 is 6.18 Å². The van der Waals surface area contributed by atoms with Gasteiger partial charge in [0.05, 0.1) is 16.6 Å². The number of nitrogens with zero attached hydrogens (tertiary/aromatic N) is 1. The summed E-state index contributed by atoms with van der Waals surface area (Å²) >= 11 is 6.19.